The Morgan fingerprint density at radius 2 is 2.06 bits per heavy atom. The van der Waals surface area contributed by atoms with E-state index in [4.69, 9.17) is 17.3 Å². The molecule has 83 valence electrons. The number of fused-ring (bicyclic) bond motifs is 1. The second-order valence-electron chi connectivity index (χ2n) is 3.64. The maximum atomic E-state index is 10.7. The van der Waals surface area contributed by atoms with Gasteiger partial charge in [-0.2, -0.15) is 0 Å². The first kappa shape index (κ1) is 14.2. The van der Waals surface area contributed by atoms with Gasteiger partial charge in [-0.1, -0.05) is 17.3 Å². The fourth-order valence-corrected chi connectivity index (χ4v) is 2.09. The standard InChI is InChI=1S/C9H9ClN3O2.Ac/c1-12-3-5-6(4-12)9(11)8(13(14)15)2-7(5)10;/h2,11H,3-4H2,1H3;/q-1;. The van der Waals surface area contributed by atoms with Crippen LogP contribution in [0, 0.1) is 54.2 Å². The second kappa shape index (κ2) is 5.18. The maximum Gasteiger partial charge on any atom is 0.256 e. The zero-order valence-corrected chi connectivity index (χ0v) is 14.2. The van der Waals surface area contributed by atoms with Crippen LogP contribution < -0.4 is 0 Å². The van der Waals surface area contributed by atoms with Crippen LogP contribution in [0.5, 0.6) is 0 Å². The van der Waals surface area contributed by atoms with Crippen LogP contribution in [0.2, 0.25) is 5.02 Å². The Kier molecular flexibility index (Phi) is 4.59. The summed E-state index contributed by atoms with van der Waals surface area (Å²) in [7, 11) is 1.89. The van der Waals surface area contributed by atoms with Gasteiger partial charge in [-0.15, -0.1) is 0 Å². The zero-order chi connectivity index (χ0) is 11.2. The van der Waals surface area contributed by atoms with Gasteiger partial charge in [-0.05, 0) is 18.2 Å². The largest absolute Gasteiger partial charge is 0.693 e. The van der Waals surface area contributed by atoms with E-state index in [9.17, 15) is 10.1 Å². The molecule has 1 N–H and O–H groups in total. The molecule has 16 heavy (non-hydrogen) atoms. The van der Waals surface area contributed by atoms with Crippen LogP contribution in [-0.4, -0.2) is 16.9 Å². The van der Waals surface area contributed by atoms with E-state index in [1.54, 1.807) is 0 Å². The third-order valence-corrected chi connectivity index (χ3v) is 2.86. The topological polar surface area (TPSA) is 70.2 Å². The molecule has 0 aliphatic carbocycles. The molecule has 0 saturated carbocycles. The van der Waals surface area contributed by atoms with Gasteiger partial charge in [0.2, 0.25) is 0 Å². The average Bonchev–Trinajstić information content (AvgIpc) is 2.53. The van der Waals surface area contributed by atoms with E-state index in [0.29, 0.717) is 23.7 Å². The first-order valence-corrected chi connectivity index (χ1v) is 4.77. The minimum atomic E-state index is -0.563. The van der Waals surface area contributed by atoms with Crippen molar-refractivity contribution in [1.82, 2.24) is 4.90 Å². The van der Waals surface area contributed by atoms with Crippen LogP contribution in [0.4, 0.5) is 11.4 Å². The van der Waals surface area contributed by atoms with Crippen LogP contribution in [0.1, 0.15) is 11.1 Å². The molecule has 7 heteroatoms. The van der Waals surface area contributed by atoms with Crippen molar-refractivity contribution in [2.24, 2.45) is 0 Å². The van der Waals surface area contributed by atoms with Crippen molar-refractivity contribution in [2.45, 2.75) is 13.1 Å². The minimum Gasteiger partial charge on any atom is -0.693 e. The van der Waals surface area contributed by atoms with Crippen LogP contribution >= 0.6 is 11.6 Å². The molecule has 0 saturated heterocycles. The van der Waals surface area contributed by atoms with Crippen molar-refractivity contribution in [3.8, 4) is 0 Å². The second-order valence-corrected chi connectivity index (χ2v) is 4.05. The van der Waals surface area contributed by atoms with Crippen molar-refractivity contribution in [3.05, 3.63) is 38.1 Å². The summed E-state index contributed by atoms with van der Waals surface area (Å²) >= 11 is 5.94. The molecule has 1 aliphatic heterocycles. The number of nitrogens with one attached hydrogen (secondary N) is 1. The number of nitro groups is 1. The summed E-state index contributed by atoms with van der Waals surface area (Å²) in [6.07, 6.45) is 0. The molecule has 0 amide bonds. The van der Waals surface area contributed by atoms with Gasteiger partial charge in [-0.25, -0.2) is 0 Å². The van der Waals surface area contributed by atoms with Gasteiger partial charge >= 0.3 is 0 Å². The fourth-order valence-electron chi connectivity index (χ4n) is 1.81. The van der Waals surface area contributed by atoms with Crippen molar-refractivity contribution in [3.63, 3.8) is 0 Å². The summed E-state index contributed by atoms with van der Waals surface area (Å²) in [4.78, 5) is 12.1. The Morgan fingerprint density at radius 1 is 1.50 bits per heavy atom. The number of benzene rings is 1. The molecule has 0 aromatic heterocycles. The summed E-state index contributed by atoms with van der Waals surface area (Å²) in [6.45, 7) is 1.20. The average molecular weight is 454 g/mol. The molecule has 0 atom stereocenters. The number of nitrogens with zero attached hydrogens (tertiary/aromatic N) is 2. The summed E-state index contributed by atoms with van der Waals surface area (Å²) in [5.41, 5.74) is 9.01. The molecule has 2 rings (SSSR count). The van der Waals surface area contributed by atoms with Gasteiger partial charge in [0, 0.05) is 63.2 Å². The summed E-state index contributed by atoms with van der Waals surface area (Å²) < 4.78 is 0. The molecule has 5 nitrogen and oxygen atoms in total. The van der Waals surface area contributed by atoms with E-state index < -0.39 is 4.92 Å². The number of hydrogen-bond acceptors (Lipinski definition) is 3. The monoisotopic (exact) mass is 453 g/mol. The number of halogens is 1. The van der Waals surface area contributed by atoms with Crippen LogP contribution in [0.3, 0.4) is 0 Å². The minimum absolute atomic E-state index is 0. The molecule has 1 aliphatic rings. The van der Waals surface area contributed by atoms with E-state index in [1.807, 2.05) is 11.9 Å². The van der Waals surface area contributed by atoms with Crippen LogP contribution in [-0.2, 0) is 13.1 Å². The number of nitro benzene ring substituents is 1. The van der Waals surface area contributed by atoms with Crippen molar-refractivity contribution in [2.75, 3.05) is 7.05 Å². The van der Waals surface area contributed by atoms with E-state index in [2.05, 4.69) is 0 Å². The van der Waals surface area contributed by atoms with Crippen LogP contribution in [0.15, 0.2) is 6.07 Å². The molecule has 0 unspecified atom stereocenters. The summed E-state index contributed by atoms with van der Waals surface area (Å²) in [5.74, 6) is 0. The Labute approximate surface area is 134 Å². The predicted octanol–water partition coefficient (Wildman–Crippen LogP) is 2.88. The quantitative estimate of drug-likeness (QED) is 0.485. The molecule has 0 bridgehead atoms. The Bertz CT molecular complexity index is 453. The van der Waals surface area contributed by atoms with Gasteiger partial charge in [0.05, 0.1) is 9.95 Å². The predicted molar refractivity (Wildman–Crippen MR) is 57.3 cm³/mol. The van der Waals surface area contributed by atoms with Gasteiger partial charge in [0.1, 0.15) is 0 Å². The molecule has 1 radical (unpaired) electrons. The normalized spacial score (nSPS) is 14.4. The first-order chi connectivity index (χ1) is 7.00. The SMILES string of the molecule is CN1Cc2c(Cl)cc([N+](=O)[O-])c([NH-])c2C1.[Ac]. The molecule has 1 heterocycles. The smallest absolute Gasteiger partial charge is 0.256 e. The third-order valence-electron chi connectivity index (χ3n) is 2.53. The Morgan fingerprint density at radius 3 is 2.62 bits per heavy atom. The maximum absolute atomic E-state index is 10.7. The van der Waals surface area contributed by atoms with Crippen molar-refractivity contribution < 1.29 is 49.0 Å². The van der Waals surface area contributed by atoms with Crippen molar-refractivity contribution in [1.29, 1.82) is 0 Å². The third kappa shape index (κ3) is 2.35. The molecular weight excluding hydrogens is 445 g/mol. The van der Waals surface area contributed by atoms with Gasteiger partial charge < -0.3 is 5.73 Å². The molecular formula is C9H9AcClN3O2-. The number of hydrogen-bond donors (Lipinski definition) is 0. The van der Waals surface area contributed by atoms with Gasteiger partial charge in [-0.3, -0.25) is 15.0 Å². The molecule has 0 spiro atoms. The molecule has 0 fully saturated rings. The van der Waals surface area contributed by atoms with Gasteiger partial charge in [0.15, 0.2) is 0 Å². The zero-order valence-electron chi connectivity index (χ0n) is 8.66. The van der Waals surface area contributed by atoms with E-state index in [-0.39, 0.29) is 55.4 Å². The molecule has 1 aromatic rings. The van der Waals surface area contributed by atoms with E-state index in [1.165, 1.54) is 6.07 Å². The summed E-state index contributed by atoms with van der Waals surface area (Å²) in [5, 5.41) is 11.1. The fraction of sp³-hybridized carbons (Fsp3) is 0.333. The van der Waals surface area contributed by atoms with Gasteiger partial charge in [0.25, 0.3) is 5.69 Å². The summed E-state index contributed by atoms with van der Waals surface area (Å²) in [6, 6.07) is 1.27. The van der Waals surface area contributed by atoms with Crippen molar-refractivity contribution >= 4 is 23.0 Å². The van der Waals surface area contributed by atoms with Crippen LogP contribution in [0.25, 0.3) is 5.73 Å². The Hall–Kier alpha value is 0.112. The Balaban J connectivity index is 0.00000128. The van der Waals surface area contributed by atoms with E-state index >= 15 is 0 Å². The van der Waals surface area contributed by atoms with E-state index in [0.717, 1.165) is 5.56 Å². The first-order valence-electron chi connectivity index (χ1n) is 4.39. The molecule has 1 aromatic carbocycles. The number of rotatable bonds is 1.